The third-order valence-electron chi connectivity index (χ3n) is 3.25. The predicted octanol–water partition coefficient (Wildman–Crippen LogP) is 4.34. The van der Waals surface area contributed by atoms with E-state index in [9.17, 15) is 4.39 Å². The van der Waals surface area contributed by atoms with Gasteiger partial charge in [0, 0.05) is 11.8 Å². The molecule has 21 heavy (non-hydrogen) atoms. The quantitative estimate of drug-likeness (QED) is 0.661. The summed E-state index contributed by atoms with van der Waals surface area (Å²) < 4.78 is 15.4. The molecule has 0 bridgehead atoms. The number of hydrogen-bond acceptors (Lipinski definition) is 2. The van der Waals surface area contributed by atoms with E-state index in [4.69, 9.17) is 16.9 Å². The van der Waals surface area contributed by atoms with E-state index in [-0.39, 0.29) is 11.2 Å². The number of nitriles is 1. The Labute approximate surface area is 126 Å². The normalized spacial score (nSPS) is 12.3. The maximum Gasteiger partial charge on any atom is 0.132 e. The van der Waals surface area contributed by atoms with Gasteiger partial charge in [-0.1, -0.05) is 0 Å². The minimum absolute atomic E-state index is 0.323. The zero-order valence-electron chi connectivity index (χ0n) is 11.2. The Morgan fingerprint density at radius 3 is 2.57 bits per heavy atom. The van der Waals surface area contributed by atoms with E-state index in [1.54, 1.807) is 30.3 Å². The first-order chi connectivity index (χ1) is 10.1. The van der Waals surface area contributed by atoms with Crippen molar-refractivity contribution < 1.29 is 4.39 Å². The molecule has 5 heteroatoms. The first kappa shape index (κ1) is 13.6. The Hall–Kier alpha value is -2.38. The molecule has 2 aromatic carbocycles. The predicted molar refractivity (Wildman–Crippen MR) is 80.0 cm³/mol. The molecule has 0 saturated heterocycles. The summed E-state index contributed by atoms with van der Waals surface area (Å²) in [6.07, 6.45) is 0. The van der Waals surface area contributed by atoms with Gasteiger partial charge in [-0.25, -0.2) is 9.37 Å². The van der Waals surface area contributed by atoms with Crippen molar-refractivity contribution in [3.63, 3.8) is 0 Å². The summed E-state index contributed by atoms with van der Waals surface area (Å²) in [6.45, 7) is 1.82. The van der Waals surface area contributed by atoms with Crippen molar-refractivity contribution >= 4 is 22.6 Å². The van der Waals surface area contributed by atoms with Crippen LogP contribution in [-0.2, 0) is 0 Å². The fourth-order valence-corrected chi connectivity index (χ4v) is 2.44. The molecule has 1 aromatic heterocycles. The fraction of sp³-hybridized carbons (Fsp3) is 0.125. The molecule has 0 saturated carbocycles. The Kier molecular flexibility index (Phi) is 3.36. The van der Waals surface area contributed by atoms with E-state index in [0.717, 1.165) is 5.69 Å². The van der Waals surface area contributed by atoms with E-state index in [0.29, 0.717) is 22.4 Å². The summed E-state index contributed by atoms with van der Waals surface area (Å²) >= 11 is 6.20. The van der Waals surface area contributed by atoms with E-state index in [2.05, 4.69) is 11.1 Å². The van der Waals surface area contributed by atoms with Gasteiger partial charge in [-0.3, -0.25) is 4.57 Å². The lowest BCUT2D eigenvalue weighted by atomic mass is 10.2. The number of fused-ring (bicyclic) bond motifs is 1. The Bertz CT molecular complexity index is 844. The average molecular weight is 300 g/mol. The van der Waals surface area contributed by atoms with Crippen LogP contribution in [0.3, 0.4) is 0 Å². The van der Waals surface area contributed by atoms with Crippen molar-refractivity contribution in [2.75, 3.05) is 0 Å². The summed E-state index contributed by atoms with van der Waals surface area (Å²) in [5.41, 5.74) is 2.70. The van der Waals surface area contributed by atoms with Crippen LogP contribution in [0.4, 0.5) is 4.39 Å². The highest BCUT2D eigenvalue weighted by atomic mass is 35.5. The topological polar surface area (TPSA) is 41.6 Å². The number of rotatable bonds is 2. The van der Waals surface area contributed by atoms with Gasteiger partial charge in [0.25, 0.3) is 0 Å². The zero-order valence-corrected chi connectivity index (χ0v) is 12.0. The van der Waals surface area contributed by atoms with E-state index in [1.165, 1.54) is 12.1 Å². The van der Waals surface area contributed by atoms with Crippen LogP contribution in [0.5, 0.6) is 0 Å². The van der Waals surface area contributed by atoms with Crippen LogP contribution >= 0.6 is 11.6 Å². The first-order valence-corrected chi connectivity index (χ1v) is 6.86. The molecule has 0 aliphatic rings. The molecule has 0 amide bonds. The Morgan fingerprint density at radius 1 is 1.24 bits per heavy atom. The largest absolute Gasteiger partial charge is 0.295 e. The highest BCUT2D eigenvalue weighted by Gasteiger charge is 2.16. The SMILES string of the molecule is CC(Cl)c1nc2ccc(F)cc2n1-c1ccc(C#N)cc1. The standard InChI is InChI=1S/C16H11ClFN3/c1-10(17)16-20-14-7-4-12(18)8-15(14)21(16)13-5-2-11(9-19)3-6-13/h2-8,10H,1H3. The summed E-state index contributed by atoms with van der Waals surface area (Å²) in [7, 11) is 0. The van der Waals surface area contributed by atoms with Gasteiger partial charge in [0.1, 0.15) is 11.6 Å². The van der Waals surface area contributed by atoms with Crippen molar-refractivity contribution in [2.24, 2.45) is 0 Å². The Balaban J connectivity index is 2.30. The molecule has 3 aromatic rings. The van der Waals surface area contributed by atoms with Gasteiger partial charge in [0.15, 0.2) is 0 Å². The van der Waals surface area contributed by atoms with E-state index < -0.39 is 0 Å². The molecule has 3 nitrogen and oxygen atoms in total. The van der Waals surface area contributed by atoms with Crippen LogP contribution in [0.1, 0.15) is 23.7 Å². The molecule has 104 valence electrons. The van der Waals surface area contributed by atoms with Gasteiger partial charge in [-0.2, -0.15) is 5.26 Å². The van der Waals surface area contributed by atoms with E-state index in [1.807, 2.05) is 11.5 Å². The fourth-order valence-electron chi connectivity index (χ4n) is 2.29. The van der Waals surface area contributed by atoms with Crippen LogP contribution in [0.25, 0.3) is 16.7 Å². The monoisotopic (exact) mass is 299 g/mol. The third kappa shape index (κ3) is 2.37. The second-order valence-electron chi connectivity index (χ2n) is 4.71. The molecule has 3 rings (SSSR count). The van der Waals surface area contributed by atoms with Crippen LogP contribution in [-0.4, -0.2) is 9.55 Å². The maximum atomic E-state index is 13.5. The number of hydrogen-bond donors (Lipinski definition) is 0. The van der Waals surface area contributed by atoms with Gasteiger partial charge >= 0.3 is 0 Å². The van der Waals surface area contributed by atoms with Crippen molar-refractivity contribution in [3.05, 3.63) is 59.7 Å². The van der Waals surface area contributed by atoms with Crippen molar-refractivity contribution in [1.82, 2.24) is 9.55 Å². The molecule has 0 N–H and O–H groups in total. The molecule has 1 atom stereocenters. The molecule has 0 aliphatic carbocycles. The zero-order chi connectivity index (χ0) is 15.0. The minimum atomic E-state index is -0.328. The van der Waals surface area contributed by atoms with Crippen LogP contribution < -0.4 is 0 Å². The minimum Gasteiger partial charge on any atom is -0.295 e. The number of aromatic nitrogens is 2. The van der Waals surface area contributed by atoms with Crippen molar-refractivity contribution in [2.45, 2.75) is 12.3 Å². The second-order valence-corrected chi connectivity index (χ2v) is 5.37. The number of nitrogens with zero attached hydrogens (tertiary/aromatic N) is 3. The lowest BCUT2D eigenvalue weighted by Crippen LogP contribution is -2.02. The smallest absolute Gasteiger partial charge is 0.132 e. The number of imidazole rings is 1. The first-order valence-electron chi connectivity index (χ1n) is 6.42. The molecule has 0 radical (unpaired) electrons. The van der Waals surface area contributed by atoms with Crippen LogP contribution in [0.15, 0.2) is 42.5 Å². The van der Waals surface area contributed by atoms with Crippen LogP contribution in [0, 0.1) is 17.1 Å². The Morgan fingerprint density at radius 2 is 1.95 bits per heavy atom. The number of benzene rings is 2. The molecule has 0 fully saturated rings. The molecular formula is C16H11ClFN3. The van der Waals surface area contributed by atoms with E-state index >= 15 is 0 Å². The van der Waals surface area contributed by atoms with Gasteiger partial charge in [-0.05, 0) is 43.3 Å². The molecule has 0 aliphatic heterocycles. The van der Waals surface area contributed by atoms with Crippen LogP contribution in [0.2, 0.25) is 0 Å². The highest BCUT2D eigenvalue weighted by Crippen LogP contribution is 2.28. The lowest BCUT2D eigenvalue weighted by molar-refractivity contribution is 0.629. The second kappa shape index (κ2) is 5.19. The molecule has 1 unspecified atom stereocenters. The third-order valence-corrected chi connectivity index (χ3v) is 3.45. The van der Waals surface area contributed by atoms with Gasteiger partial charge in [-0.15, -0.1) is 11.6 Å². The molecule has 0 spiro atoms. The molecule has 1 heterocycles. The van der Waals surface area contributed by atoms with Crippen molar-refractivity contribution in [3.8, 4) is 11.8 Å². The summed E-state index contributed by atoms with van der Waals surface area (Å²) in [4.78, 5) is 4.47. The lowest BCUT2D eigenvalue weighted by Gasteiger charge is -2.10. The van der Waals surface area contributed by atoms with Gasteiger partial charge in [0.2, 0.25) is 0 Å². The highest BCUT2D eigenvalue weighted by molar-refractivity contribution is 6.20. The molecular weight excluding hydrogens is 289 g/mol. The summed E-state index contributed by atoms with van der Waals surface area (Å²) in [6, 6.07) is 13.5. The van der Waals surface area contributed by atoms with Gasteiger partial charge < -0.3 is 0 Å². The van der Waals surface area contributed by atoms with Crippen molar-refractivity contribution in [1.29, 1.82) is 5.26 Å². The summed E-state index contributed by atoms with van der Waals surface area (Å²) in [5.74, 6) is 0.313. The average Bonchev–Trinajstić information content (AvgIpc) is 2.86. The number of alkyl halides is 1. The number of halogens is 2. The summed E-state index contributed by atoms with van der Waals surface area (Å²) in [5, 5.41) is 8.55. The maximum absolute atomic E-state index is 13.5. The van der Waals surface area contributed by atoms with Gasteiger partial charge in [0.05, 0.1) is 28.0 Å².